The zero-order chi connectivity index (χ0) is 13.5. The molecular weight excluding hydrogens is 228 g/mol. The maximum atomic E-state index is 11.3. The lowest BCUT2D eigenvalue weighted by atomic mass is 10.1. The molecule has 18 heavy (non-hydrogen) atoms. The minimum Gasteiger partial charge on any atom is -0.480 e. The molecule has 1 unspecified atom stereocenters. The Morgan fingerprint density at radius 1 is 1.33 bits per heavy atom. The van der Waals surface area contributed by atoms with Crippen molar-refractivity contribution in [3.05, 3.63) is 29.8 Å². The quantitative estimate of drug-likeness (QED) is 0.729. The largest absolute Gasteiger partial charge is 0.480 e. The minimum absolute atomic E-state index is 0.405. The summed E-state index contributed by atoms with van der Waals surface area (Å²) in [4.78, 5) is 13.3. The van der Waals surface area contributed by atoms with Crippen LogP contribution >= 0.6 is 0 Å². The normalized spacial score (nSPS) is 12.6. The topological polar surface area (TPSA) is 66.6 Å². The zero-order valence-electron chi connectivity index (χ0n) is 11.1. The number of carboxylic acids is 1. The standard InChI is InChI=1S/C14H22N2O2/c1-3-5-13(14(17)18)16(4-2)10-11-6-8-12(15)9-7-11/h6-9,13H,3-5,10,15H2,1-2H3,(H,17,18). The van der Waals surface area contributed by atoms with Crippen LogP contribution < -0.4 is 5.73 Å². The predicted octanol–water partition coefficient (Wildman–Crippen LogP) is 2.34. The Balaban J connectivity index is 2.75. The fourth-order valence-electron chi connectivity index (χ4n) is 2.04. The number of hydrogen-bond acceptors (Lipinski definition) is 3. The van der Waals surface area contributed by atoms with Gasteiger partial charge in [0, 0.05) is 12.2 Å². The van der Waals surface area contributed by atoms with Crippen molar-refractivity contribution in [2.75, 3.05) is 12.3 Å². The van der Waals surface area contributed by atoms with Gasteiger partial charge in [-0.1, -0.05) is 32.4 Å². The van der Waals surface area contributed by atoms with Crippen molar-refractivity contribution in [3.8, 4) is 0 Å². The van der Waals surface area contributed by atoms with Crippen molar-refractivity contribution in [2.45, 2.75) is 39.3 Å². The van der Waals surface area contributed by atoms with Gasteiger partial charge < -0.3 is 10.8 Å². The van der Waals surface area contributed by atoms with E-state index >= 15 is 0 Å². The first kappa shape index (κ1) is 14.5. The first-order valence-electron chi connectivity index (χ1n) is 6.39. The third kappa shape index (κ3) is 4.04. The Kier molecular flexibility index (Phi) is 5.65. The number of carboxylic acid groups (broad SMARTS) is 1. The van der Waals surface area contributed by atoms with Crippen LogP contribution in [0.5, 0.6) is 0 Å². The maximum Gasteiger partial charge on any atom is 0.320 e. The lowest BCUT2D eigenvalue weighted by molar-refractivity contribution is -0.143. The fraction of sp³-hybridized carbons (Fsp3) is 0.500. The van der Waals surface area contributed by atoms with Gasteiger partial charge in [-0.15, -0.1) is 0 Å². The summed E-state index contributed by atoms with van der Waals surface area (Å²) in [5.74, 6) is -0.742. The molecule has 0 bridgehead atoms. The van der Waals surface area contributed by atoms with Gasteiger partial charge in [-0.05, 0) is 30.7 Å². The van der Waals surface area contributed by atoms with Gasteiger partial charge in [0.1, 0.15) is 6.04 Å². The summed E-state index contributed by atoms with van der Waals surface area (Å²) in [6.07, 6.45) is 1.55. The van der Waals surface area contributed by atoms with Crippen LogP contribution in [-0.4, -0.2) is 28.6 Å². The van der Waals surface area contributed by atoms with Gasteiger partial charge in [-0.25, -0.2) is 0 Å². The molecule has 0 fully saturated rings. The number of anilines is 1. The van der Waals surface area contributed by atoms with E-state index in [4.69, 9.17) is 5.73 Å². The highest BCUT2D eigenvalue weighted by Crippen LogP contribution is 2.14. The number of rotatable bonds is 7. The van der Waals surface area contributed by atoms with Gasteiger partial charge in [-0.2, -0.15) is 0 Å². The molecule has 1 atom stereocenters. The van der Waals surface area contributed by atoms with Gasteiger partial charge in [0.05, 0.1) is 0 Å². The number of carbonyl (C=O) groups is 1. The van der Waals surface area contributed by atoms with E-state index < -0.39 is 12.0 Å². The molecule has 0 aromatic heterocycles. The molecule has 0 heterocycles. The molecule has 0 radical (unpaired) electrons. The Bertz CT molecular complexity index is 376. The Morgan fingerprint density at radius 2 is 1.94 bits per heavy atom. The van der Waals surface area contributed by atoms with E-state index in [-0.39, 0.29) is 0 Å². The first-order valence-corrected chi connectivity index (χ1v) is 6.39. The average Bonchev–Trinajstić information content (AvgIpc) is 2.35. The molecule has 100 valence electrons. The summed E-state index contributed by atoms with van der Waals surface area (Å²) in [5, 5.41) is 9.27. The summed E-state index contributed by atoms with van der Waals surface area (Å²) >= 11 is 0. The molecule has 0 aliphatic rings. The Hall–Kier alpha value is -1.55. The van der Waals surface area contributed by atoms with Crippen molar-refractivity contribution in [2.24, 2.45) is 0 Å². The van der Waals surface area contributed by atoms with E-state index in [1.807, 2.05) is 43.0 Å². The van der Waals surface area contributed by atoms with E-state index in [1.165, 1.54) is 0 Å². The van der Waals surface area contributed by atoms with E-state index in [2.05, 4.69) is 0 Å². The Labute approximate surface area is 108 Å². The summed E-state index contributed by atoms with van der Waals surface area (Å²) in [7, 11) is 0. The molecule has 0 aliphatic heterocycles. The fourth-order valence-corrected chi connectivity index (χ4v) is 2.04. The van der Waals surface area contributed by atoms with Crippen LogP contribution in [-0.2, 0) is 11.3 Å². The summed E-state index contributed by atoms with van der Waals surface area (Å²) < 4.78 is 0. The van der Waals surface area contributed by atoms with Gasteiger partial charge in [0.25, 0.3) is 0 Å². The molecule has 4 nitrogen and oxygen atoms in total. The lowest BCUT2D eigenvalue weighted by Gasteiger charge is -2.27. The second kappa shape index (κ2) is 7.01. The summed E-state index contributed by atoms with van der Waals surface area (Å²) in [6, 6.07) is 7.18. The molecule has 1 aromatic rings. The lowest BCUT2D eigenvalue weighted by Crippen LogP contribution is -2.40. The number of hydrogen-bond donors (Lipinski definition) is 2. The highest BCUT2D eigenvalue weighted by Gasteiger charge is 2.23. The van der Waals surface area contributed by atoms with E-state index in [0.717, 1.165) is 24.2 Å². The van der Waals surface area contributed by atoms with Crippen molar-refractivity contribution in [1.82, 2.24) is 4.90 Å². The zero-order valence-corrected chi connectivity index (χ0v) is 11.1. The first-order chi connectivity index (χ1) is 8.58. The van der Waals surface area contributed by atoms with E-state index in [9.17, 15) is 9.90 Å². The summed E-state index contributed by atoms with van der Waals surface area (Å²) in [5.41, 5.74) is 7.46. The van der Waals surface area contributed by atoms with Crippen LogP contribution in [0.2, 0.25) is 0 Å². The number of nitrogen functional groups attached to an aromatic ring is 1. The van der Waals surface area contributed by atoms with Crippen molar-refractivity contribution in [1.29, 1.82) is 0 Å². The molecule has 1 rings (SSSR count). The molecule has 0 amide bonds. The molecule has 0 saturated heterocycles. The van der Waals surface area contributed by atoms with Crippen LogP contribution in [0, 0.1) is 0 Å². The molecule has 0 aliphatic carbocycles. The van der Waals surface area contributed by atoms with E-state index in [1.54, 1.807) is 0 Å². The summed E-state index contributed by atoms with van der Waals surface area (Å²) in [6.45, 7) is 5.37. The number of nitrogens with zero attached hydrogens (tertiary/aromatic N) is 1. The van der Waals surface area contributed by atoms with Crippen LogP contribution in [0.3, 0.4) is 0 Å². The third-order valence-corrected chi connectivity index (χ3v) is 3.06. The minimum atomic E-state index is -0.742. The second-order valence-corrected chi connectivity index (χ2v) is 4.45. The average molecular weight is 250 g/mol. The van der Waals surface area contributed by atoms with Crippen molar-refractivity contribution in [3.63, 3.8) is 0 Å². The highest BCUT2D eigenvalue weighted by molar-refractivity contribution is 5.73. The smallest absolute Gasteiger partial charge is 0.320 e. The van der Waals surface area contributed by atoms with Crippen LogP contribution in [0.25, 0.3) is 0 Å². The maximum absolute atomic E-state index is 11.3. The van der Waals surface area contributed by atoms with Gasteiger partial charge in [-0.3, -0.25) is 9.69 Å². The highest BCUT2D eigenvalue weighted by atomic mass is 16.4. The van der Waals surface area contributed by atoms with Crippen LogP contribution in [0.15, 0.2) is 24.3 Å². The van der Waals surface area contributed by atoms with Crippen molar-refractivity contribution >= 4 is 11.7 Å². The second-order valence-electron chi connectivity index (χ2n) is 4.45. The monoisotopic (exact) mass is 250 g/mol. The van der Waals surface area contributed by atoms with E-state index in [0.29, 0.717) is 13.0 Å². The molecule has 0 spiro atoms. The SMILES string of the molecule is CCCC(C(=O)O)N(CC)Cc1ccc(N)cc1. The van der Waals surface area contributed by atoms with Crippen LogP contribution in [0.4, 0.5) is 5.69 Å². The molecule has 1 aromatic carbocycles. The third-order valence-electron chi connectivity index (χ3n) is 3.06. The number of likely N-dealkylation sites (N-methyl/N-ethyl adjacent to an activating group) is 1. The number of aliphatic carboxylic acids is 1. The van der Waals surface area contributed by atoms with Crippen LogP contribution in [0.1, 0.15) is 32.3 Å². The van der Waals surface area contributed by atoms with Gasteiger partial charge in [0.2, 0.25) is 0 Å². The van der Waals surface area contributed by atoms with Gasteiger partial charge >= 0.3 is 5.97 Å². The van der Waals surface area contributed by atoms with Gasteiger partial charge in [0.15, 0.2) is 0 Å². The number of nitrogens with two attached hydrogens (primary N) is 1. The number of benzene rings is 1. The predicted molar refractivity (Wildman–Crippen MR) is 73.3 cm³/mol. The molecule has 0 saturated carbocycles. The molecule has 4 heteroatoms. The molecular formula is C14H22N2O2. The van der Waals surface area contributed by atoms with Crippen molar-refractivity contribution < 1.29 is 9.90 Å². The molecule has 3 N–H and O–H groups in total. The Morgan fingerprint density at radius 3 is 2.39 bits per heavy atom.